The van der Waals surface area contributed by atoms with Crippen molar-refractivity contribution in [1.29, 1.82) is 0 Å². The minimum Gasteiger partial charge on any atom is -0.478 e. The summed E-state index contributed by atoms with van der Waals surface area (Å²) in [6.45, 7) is 0. The van der Waals surface area contributed by atoms with Crippen molar-refractivity contribution in [3.63, 3.8) is 0 Å². The molecule has 2 aromatic carbocycles. The van der Waals surface area contributed by atoms with Gasteiger partial charge in [0.1, 0.15) is 0 Å². The quantitative estimate of drug-likeness (QED) is 0.417. The molecule has 5 N–H and O–H groups in total. The van der Waals surface area contributed by atoms with Gasteiger partial charge in [-0.1, -0.05) is 12.1 Å². The van der Waals surface area contributed by atoms with E-state index in [2.05, 4.69) is 5.32 Å². The Morgan fingerprint density at radius 3 is 1.76 bits per heavy atom. The first-order valence-corrected chi connectivity index (χ1v) is 9.19. The van der Waals surface area contributed by atoms with Crippen molar-refractivity contribution in [2.45, 2.75) is 30.5 Å². The van der Waals surface area contributed by atoms with Gasteiger partial charge in [0.05, 0.1) is 11.6 Å². The zero-order valence-corrected chi connectivity index (χ0v) is 16.8. The summed E-state index contributed by atoms with van der Waals surface area (Å²) in [5.41, 5.74) is 5.88. The van der Waals surface area contributed by atoms with E-state index in [4.69, 9.17) is 10.8 Å². The van der Waals surface area contributed by atoms with E-state index in [1.54, 1.807) is 0 Å². The van der Waals surface area contributed by atoms with E-state index in [-0.39, 0.29) is 17.7 Å². The Bertz CT molecular complexity index is 1060. The minimum atomic E-state index is -6.65. The maximum atomic E-state index is 13.4. The molecule has 1 atom stereocenters. The molecule has 7 nitrogen and oxygen atoms in total. The Morgan fingerprint density at radius 2 is 1.29 bits per heavy atom. The SMILES string of the molecule is N[C@@H](Cc1ccc(NC(=O)C(F)(F)C(F)(F)C(F)(F)F)cc1)C(=O)Nc1ccc(C(=O)O)cc1. The van der Waals surface area contributed by atoms with Crippen LogP contribution in [0.4, 0.5) is 42.1 Å². The first-order chi connectivity index (χ1) is 15.6. The lowest BCUT2D eigenvalue weighted by atomic mass is 10.0. The Balaban J connectivity index is 1.99. The van der Waals surface area contributed by atoms with E-state index < -0.39 is 47.5 Å². The van der Waals surface area contributed by atoms with Gasteiger partial charge in [-0.3, -0.25) is 9.59 Å². The molecule has 2 rings (SSSR count). The van der Waals surface area contributed by atoms with Crippen LogP contribution in [-0.4, -0.2) is 47.0 Å². The van der Waals surface area contributed by atoms with Gasteiger partial charge in [-0.15, -0.1) is 0 Å². The van der Waals surface area contributed by atoms with Crippen LogP contribution in [0.15, 0.2) is 48.5 Å². The molecule has 2 amide bonds. The van der Waals surface area contributed by atoms with Gasteiger partial charge >= 0.3 is 29.9 Å². The number of halogens is 7. The zero-order valence-electron chi connectivity index (χ0n) is 16.8. The number of carbonyl (C=O) groups is 3. The van der Waals surface area contributed by atoms with E-state index in [0.717, 1.165) is 12.1 Å². The number of nitrogens with two attached hydrogens (primary N) is 1. The van der Waals surface area contributed by atoms with Gasteiger partial charge in [0.25, 0.3) is 0 Å². The predicted molar refractivity (Wildman–Crippen MR) is 105 cm³/mol. The van der Waals surface area contributed by atoms with Gasteiger partial charge in [-0.2, -0.15) is 30.7 Å². The lowest BCUT2D eigenvalue weighted by molar-refractivity contribution is -0.343. The van der Waals surface area contributed by atoms with Crippen molar-refractivity contribution >= 4 is 29.2 Å². The average Bonchev–Trinajstić information content (AvgIpc) is 2.74. The number of hydrogen-bond donors (Lipinski definition) is 4. The lowest BCUT2D eigenvalue weighted by Crippen LogP contribution is -2.57. The van der Waals surface area contributed by atoms with E-state index in [1.165, 1.54) is 41.7 Å². The molecular formula is C20H16F7N3O4. The second-order valence-corrected chi connectivity index (χ2v) is 6.98. The van der Waals surface area contributed by atoms with Crippen LogP contribution in [0.2, 0.25) is 0 Å². The molecular weight excluding hydrogens is 479 g/mol. The second kappa shape index (κ2) is 9.67. The Morgan fingerprint density at radius 1 is 0.824 bits per heavy atom. The number of carboxylic acids is 1. The number of carbonyl (C=O) groups excluding carboxylic acids is 2. The molecule has 0 heterocycles. The molecule has 0 aromatic heterocycles. The first kappa shape index (κ1) is 26.6. The van der Waals surface area contributed by atoms with Crippen LogP contribution in [0.3, 0.4) is 0 Å². The number of amides is 2. The third kappa shape index (κ3) is 5.81. The second-order valence-electron chi connectivity index (χ2n) is 6.98. The molecule has 0 saturated carbocycles. The first-order valence-electron chi connectivity index (χ1n) is 9.19. The summed E-state index contributed by atoms with van der Waals surface area (Å²) in [6.07, 6.45) is -6.75. The number of alkyl halides is 7. The number of nitrogens with one attached hydrogen (secondary N) is 2. The number of benzene rings is 2. The summed E-state index contributed by atoms with van der Waals surface area (Å²) in [4.78, 5) is 34.4. The molecule has 0 fully saturated rings. The predicted octanol–water partition coefficient (Wildman–Crippen LogP) is 3.66. The van der Waals surface area contributed by atoms with Crippen LogP contribution in [0, 0.1) is 0 Å². The van der Waals surface area contributed by atoms with Crippen LogP contribution in [0.5, 0.6) is 0 Å². The standard InChI is InChI=1S/C20H16F7N3O4/c21-18(22,19(23,24)20(25,26)27)17(34)30-13-5-1-10(2-6-13)9-14(28)15(31)29-12-7-3-11(4-8-12)16(32)33/h1-8,14H,9,28H2,(H,29,31)(H,30,34)(H,32,33)/t14-/m0/s1. The molecule has 184 valence electrons. The number of aromatic carboxylic acids is 1. The summed E-state index contributed by atoms with van der Waals surface area (Å²) in [6, 6.07) is 8.32. The largest absolute Gasteiger partial charge is 0.478 e. The van der Waals surface area contributed by atoms with Gasteiger partial charge < -0.3 is 21.5 Å². The van der Waals surface area contributed by atoms with E-state index >= 15 is 0 Å². The van der Waals surface area contributed by atoms with Crippen LogP contribution in [-0.2, 0) is 16.0 Å². The fourth-order valence-electron chi connectivity index (χ4n) is 2.53. The zero-order chi connectivity index (χ0) is 25.9. The summed E-state index contributed by atoms with van der Waals surface area (Å²) in [5.74, 6) is -17.3. The molecule has 0 aliphatic rings. The monoisotopic (exact) mass is 495 g/mol. The maximum absolute atomic E-state index is 13.4. The normalized spacial score (nSPS) is 13.2. The van der Waals surface area contributed by atoms with Gasteiger partial charge in [0.15, 0.2) is 0 Å². The number of hydrogen-bond acceptors (Lipinski definition) is 4. The van der Waals surface area contributed by atoms with Crippen molar-refractivity contribution in [2.75, 3.05) is 10.6 Å². The highest BCUT2D eigenvalue weighted by molar-refractivity contribution is 5.97. The van der Waals surface area contributed by atoms with Crippen LogP contribution in [0.1, 0.15) is 15.9 Å². The summed E-state index contributed by atoms with van der Waals surface area (Å²) in [5, 5.41) is 12.6. The molecule has 0 radical (unpaired) electrons. The molecule has 0 aliphatic heterocycles. The van der Waals surface area contributed by atoms with Crippen molar-refractivity contribution in [2.24, 2.45) is 5.73 Å². The third-order valence-corrected chi connectivity index (χ3v) is 4.44. The van der Waals surface area contributed by atoms with E-state index in [0.29, 0.717) is 5.56 Å². The van der Waals surface area contributed by atoms with Gasteiger partial charge in [-0.05, 0) is 48.4 Å². The Hall–Kier alpha value is -3.68. The maximum Gasteiger partial charge on any atom is 0.460 e. The Labute approximate surface area is 186 Å². The number of rotatable bonds is 8. The minimum absolute atomic E-state index is 0.00522. The van der Waals surface area contributed by atoms with Crippen LogP contribution in [0.25, 0.3) is 0 Å². The van der Waals surface area contributed by atoms with Crippen molar-refractivity contribution in [3.8, 4) is 0 Å². The Kier molecular flexibility index (Phi) is 7.56. The molecule has 34 heavy (non-hydrogen) atoms. The summed E-state index contributed by atoms with van der Waals surface area (Å²) >= 11 is 0. The molecule has 0 aliphatic carbocycles. The lowest BCUT2D eigenvalue weighted by Gasteiger charge is -2.27. The van der Waals surface area contributed by atoms with Gasteiger partial charge in [0.2, 0.25) is 5.91 Å². The molecule has 0 spiro atoms. The third-order valence-electron chi connectivity index (χ3n) is 4.44. The van der Waals surface area contributed by atoms with Crippen LogP contribution < -0.4 is 16.4 Å². The van der Waals surface area contributed by atoms with E-state index in [1.807, 2.05) is 0 Å². The highest BCUT2D eigenvalue weighted by Gasteiger charge is 2.76. The van der Waals surface area contributed by atoms with Crippen molar-refractivity contribution < 1.29 is 50.2 Å². The highest BCUT2D eigenvalue weighted by atomic mass is 19.4. The number of anilines is 2. The average molecular weight is 495 g/mol. The fourth-order valence-corrected chi connectivity index (χ4v) is 2.53. The van der Waals surface area contributed by atoms with Gasteiger partial charge in [-0.25, -0.2) is 4.79 Å². The smallest absolute Gasteiger partial charge is 0.460 e. The molecule has 0 saturated heterocycles. The fraction of sp³-hybridized carbons (Fsp3) is 0.250. The topological polar surface area (TPSA) is 122 Å². The summed E-state index contributed by atoms with van der Waals surface area (Å²) < 4.78 is 89.2. The van der Waals surface area contributed by atoms with Crippen molar-refractivity contribution in [1.82, 2.24) is 0 Å². The molecule has 0 bridgehead atoms. The number of carboxylic acid groups (broad SMARTS) is 1. The van der Waals surface area contributed by atoms with E-state index in [9.17, 15) is 45.1 Å². The highest BCUT2D eigenvalue weighted by Crippen LogP contribution is 2.46. The summed E-state index contributed by atoms with van der Waals surface area (Å²) in [7, 11) is 0. The van der Waals surface area contributed by atoms with Crippen molar-refractivity contribution in [3.05, 3.63) is 59.7 Å². The molecule has 2 aromatic rings. The van der Waals surface area contributed by atoms with Gasteiger partial charge in [0, 0.05) is 11.4 Å². The van der Waals surface area contributed by atoms with Crippen LogP contribution >= 0.6 is 0 Å². The molecule has 14 heteroatoms. The molecule has 0 unspecified atom stereocenters.